The second-order valence-electron chi connectivity index (χ2n) is 7.85. The molecule has 0 radical (unpaired) electrons. The highest BCUT2D eigenvalue weighted by molar-refractivity contribution is 7.92. The van der Waals surface area contributed by atoms with Crippen molar-refractivity contribution in [3.63, 3.8) is 0 Å². The Hall–Kier alpha value is -2.79. The number of carbonyl (C=O) groups excluding carboxylic acids is 1. The Morgan fingerprint density at radius 3 is 1.91 bits per heavy atom. The van der Waals surface area contributed by atoms with E-state index in [1.54, 1.807) is 24.3 Å². The molecule has 3 aromatic rings. The average molecular weight is 556 g/mol. The monoisotopic (exact) mass is 555 g/mol. The number of halogens is 2. The Balaban J connectivity index is 1.76. The van der Waals surface area contributed by atoms with Crippen LogP contribution in [0.4, 0.5) is 17.1 Å². The predicted molar refractivity (Wildman–Crippen MR) is 140 cm³/mol. The molecule has 0 saturated carbocycles. The summed E-state index contributed by atoms with van der Waals surface area (Å²) < 4.78 is 53.6. The molecule has 12 heteroatoms. The maximum Gasteiger partial charge on any atom is 0.261 e. The van der Waals surface area contributed by atoms with Gasteiger partial charge in [0.2, 0.25) is 15.9 Å². The lowest BCUT2D eigenvalue weighted by Crippen LogP contribution is -2.45. The van der Waals surface area contributed by atoms with Gasteiger partial charge in [-0.25, -0.2) is 16.8 Å². The normalized spacial score (nSPS) is 12.6. The fourth-order valence-electron chi connectivity index (χ4n) is 3.29. The van der Waals surface area contributed by atoms with Crippen LogP contribution in [0.15, 0.2) is 71.6 Å². The quantitative estimate of drug-likeness (QED) is 0.410. The van der Waals surface area contributed by atoms with Gasteiger partial charge in [0.05, 0.1) is 22.5 Å². The Kier molecular flexibility index (Phi) is 8.00. The van der Waals surface area contributed by atoms with Crippen LogP contribution < -0.4 is 14.3 Å². The summed E-state index contributed by atoms with van der Waals surface area (Å²) in [6, 6.07) is 15.4. The number of hydrogen-bond donors (Lipinski definition) is 2. The molecule has 0 heterocycles. The number of benzene rings is 3. The Bertz CT molecular complexity index is 1420. The summed E-state index contributed by atoms with van der Waals surface area (Å²) in [5.74, 6) is -0.585. The van der Waals surface area contributed by atoms with E-state index in [4.69, 9.17) is 23.2 Å². The van der Waals surface area contributed by atoms with Gasteiger partial charge in [-0.2, -0.15) is 0 Å². The topological polar surface area (TPSA) is 113 Å². The summed E-state index contributed by atoms with van der Waals surface area (Å²) in [5.41, 5.74) is 1.80. The second kappa shape index (κ2) is 10.4. The summed E-state index contributed by atoms with van der Waals surface area (Å²) in [6.45, 7) is 3.34. The molecule has 3 aromatic carbocycles. The SMILES string of the molecule is Cc1ccc(N([C@@H](C)C(=O)Nc2ccc(S(=O)(=O)Nc3cc(Cl)cc(Cl)c3)cc2)S(C)(=O)=O)cc1. The van der Waals surface area contributed by atoms with Crippen LogP contribution >= 0.6 is 23.2 Å². The van der Waals surface area contributed by atoms with Gasteiger partial charge < -0.3 is 5.32 Å². The van der Waals surface area contributed by atoms with Crippen LogP contribution in [-0.2, 0) is 24.8 Å². The molecule has 2 N–H and O–H groups in total. The van der Waals surface area contributed by atoms with Gasteiger partial charge in [-0.1, -0.05) is 40.9 Å². The molecule has 0 aliphatic rings. The fourth-order valence-corrected chi connectivity index (χ4v) is 6.03. The van der Waals surface area contributed by atoms with E-state index < -0.39 is 32.0 Å². The minimum atomic E-state index is -3.95. The van der Waals surface area contributed by atoms with Crippen LogP contribution in [-0.4, -0.2) is 35.0 Å². The zero-order valence-corrected chi connectivity index (χ0v) is 22.1. The first-order chi connectivity index (χ1) is 16.3. The minimum absolute atomic E-state index is 0.0583. The van der Waals surface area contributed by atoms with Gasteiger partial charge in [0.1, 0.15) is 6.04 Å². The standard InChI is InChI=1S/C23H23Cl2N3O5S2/c1-15-4-8-21(9-5-15)28(34(3,30)31)16(2)23(29)26-19-6-10-22(11-7-19)35(32,33)27-20-13-17(24)12-18(25)14-20/h4-14,16,27H,1-3H3,(H,26,29)/t16-/m0/s1. The molecule has 0 fully saturated rings. The largest absolute Gasteiger partial charge is 0.324 e. The van der Waals surface area contributed by atoms with Crippen LogP contribution in [0, 0.1) is 6.92 Å². The third-order valence-electron chi connectivity index (χ3n) is 4.92. The van der Waals surface area contributed by atoms with E-state index in [0.29, 0.717) is 11.4 Å². The first-order valence-corrected chi connectivity index (χ1v) is 14.3. The molecule has 0 bridgehead atoms. The molecule has 0 spiro atoms. The predicted octanol–water partition coefficient (Wildman–Crippen LogP) is 4.90. The molecule has 35 heavy (non-hydrogen) atoms. The number of nitrogens with zero attached hydrogens (tertiary/aromatic N) is 1. The molecule has 8 nitrogen and oxygen atoms in total. The van der Waals surface area contributed by atoms with Crippen LogP contribution in [0.5, 0.6) is 0 Å². The lowest BCUT2D eigenvalue weighted by atomic mass is 10.2. The number of carbonyl (C=O) groups is 1. The summed E-state index contributed by atoms with van der Waals surface area (Å²) >= 11 is 11.8. The zero-order chi connectivity index (χ0) is 26.0. The number of anilines is 3. The summed E-state index contributed by atoms with van der Waals surface area (Å²) in [7, 11) is -7.71. The number of hydrogen-bond acceptors (Lipinski definition) is 5. The Morgan fingerprint density at radius 2 is 1.40 bits per heavy atom. The first kappa shape index (κ1) is 26.8. The van der Waals surface area contributed by atoms with Crippen molar-refractivity contribution in [2.24, 2.45) is 0 Å². The number of amides is 1. The van der Waals surface area contributed by atoms with Crippen LogP contribution in [0.25, 0.3) is 0 Å². The van der Waals surface area contributed by atoms with Crippen molar-refractivity contribution in [3.05, 3.63) is 82.3 Å². The Labute approximate surface area is 215 Å². The summed E-state index contributed by atoms with van der Waals surface area (Å²) in [4.78, 5) is 12.8. The van der Waals surface area contributed by atoms with Crippen LogP contribution in [0.1, 0.15) is 12.5 Å². The van der Waals surface area contributed by atoms with E-state index in [0.717, 1.165) is 16.1 Å². The van der Waals surface area contributed by atoms with E-state index in [1.807, 2.05) is 6.92 Å². The highest BCUT2D eigenvalue weighted by atomic mass is 35.5. The highest BCUT2D eigenvalue weighted by Gasteiger charge is 2.29. The molecule has 3 rings (SSSR count). The van der Waals surface area contributed by atoms with Gasteiger partial charge in [-0.05, 0) is 68.4 Å². The zero-order valence-electron chi connectivity index (χ0n) is 19.0. The Morgan fingerprint density at radius 1 is 0.857 bits per heavy atom. The van der Waals surface area contributed by atoms with Gasteiger partial charge in [0, 0.05) is 15.7 Å². The first-order valence-electron chi connectivity index (χ1n) is 10.2. The van der Waals surface area contributed by atoms with Gasteiger partial charge >= 0.3 is 0 Å². The van der Waals surface area contributed by atoms with Gasteiger partial charge in [0.25, 0.3) is 10.0 Å². The minimum Gasteiger partial charge on any atom is -0.324 e. The number of aryl methyl sites for hydroxylation is 1. The van der Waals surface area contributed by atoms with Gasteiger partial charge in [-0.3, -0.25) is 13.8 Å². The fraction of sp³-hybridized carbons (Fsp3) is 0.174. The van der Waals surface area contributed by atoms with E-state index in [9.17, 15) is 21.6 Å². The van der Waals surface area contributed by atoms with E-state index in [-0.39, 0.29) is 20.6 Å². The molecule has 0 aliphatic carbocycles. The molecular weight excluding hydrogens is 533 g/mol. The maximum absolute atomic E-state index is 12.9. The molecule has 0 unspecified atom stereocenters. The van der Waals surface area contributed by atoms with Crippen molar-refractivity contribution in [1.29, 1.82) is 0 Å². The summed E-state index contributed by atoms with van der Waals surface area (Å²) in [6.07, 6.45) is 1.02. The van der Waals surface area contributed by atoms with E-state index >= 15 is 0 Å². The lowest BCUT2D eigenvalue weighted by molar-refractivity contribution is -0.116. The van der Waals surface area contributed by atoms with Crippen molar-refractivity contribution in [1.82, 2.24) is 0 Å². The van der Waals surface area contributed by atoms with Crippen molar-refractivity contribution < 1.29 is 21.6 Å². The van der Waals surface area contributed by atoms with Crippen molar-refractivity contribution in [2.75, 3.05) is 20.6 Å². The van der Waals surface area contributed by atoms with Crippen LogP contribution in [0.2, 0.25) is 10.0 Å². The van der Waals surface area contributed by atoms with Gasteiger partial charge in [0.15, 0.2) is 0 Å². The van der Waals surface area contributed by atoms with E-state index in [1.165, 1.54) is 49.4 Å². The maximum atomic E-state index is 12.9. The number of nitrogens with one attached hydrogen (secondary N) is 2. The smallest absolute Gasteiger partial charge is 0.261 e. The molecule has 186 valence electrons. The molecule has 1 atom stereocenters. The number of sulfonamides is 2. The summed E-state index contributed by atoms with van der Waals surface area (Å²) in [5, 5.41) is 3.17. The van der Waals surface area contributed by atoms with Crippen molar-refractivity contribution in [2.45, 2.75) is 24.8 Å². The molecular formula is C23H23Cl2N3O5S2. The van der Waals surface area contributed by atoms with E-state index in [2.05, 4.69) is 10.0 Å². The molecule has 0 aromatic heterocycles. The lowest BCUT2D eigenvalue weighted by Gasteiger charge is -2.28. The molecule has 0 saturated heterocycles. The third kappa shape index (κ3) is 6.88. The average Bonchev–Trinajstić information content (AvgIpc) is 2.73. The molecule has 1 amide bonds. The third-order valence-corrected chi connectivity index (χ3v) is 8.00. The highest BCUT2D eigenvalue weighted by Crippen LogP contribution is 2.26. The molecule has 0 aliphatic heterocycles. The van der Waals surface area contributed by atoms with Crippen LogP contribution in [0.3, 0.4) is 0 Å². The second-order valence-corrected chi connectivity index (χ2v) is 12.3. The van der Waals surface area contributed by atoms with Gasteiger partial charge in [-0.15, -0.1) is 0 Å². The van der Waals surface area contributed by atoms with Crippen molar-refractivity contribution in [3.8, 4) is 0 Å². The number of rotatable bonds is 8. The van der Waals surface area contributed by atoms with Crippen molar-refractivity contribution >= 4 is 66.2 Å².